The Balaban J connectivity index is 3.11. The predicted octanol–water partition coefficient (Wildman–Crippen LogP) is 1.89. The summed E-state index contributed by atoms with van der Waals surface area (Å²) in [6, 6.07) is 1.75. The molecule has 0 radical (unpaired) electrons. The normalized spacial score (nSPS) is 11.4. The number of benzene rings is 1. The van der Waals surface area contributed by atoms with Crippen LogP contribution in [0.5, 0.6) is 0 Å². The fourth-order valence-corrected chi connectivity index (χ4v) is 2.65. The lowest BCUT2D eigenvalue weighted by molar-refractivity contribution is 0.0936. The Morgan fingerprint density at radius 3 is 2.68 bits per heavy atom. The molecule has 1 aromatic carbocycles. The molecule has 0 aromatic heterocycles. The second-order valence-electron chi connectivity index (χ2n) is 3.45. The zero-order valence-corrected chi connectivity index (χ0v) is 12.9. The average molecular weight is 375 g/mol. The molecule has 0 aliphatic carbocycles. The van der Waals surface area contributed by atoms with E-state index in [0.29, 0.717) is 6.61 Å². The standard InChI is InChI=1S/C10H10BrClFNO4S/c1-18-3-2-14-10(15)6-4-9(19(12,16)17)8(13)5-7(6)11/h4-5H,2-3H2,1H3,(H,14,15). The van der Waals surface area contributed by atoms with Crippen molar-refractivity contribution in [2.45, 2.75) is 4.90 Å². The summed E-state index contributed by atoms with van der Waals surface area (Å²) in [6.45, 7) is 0.535. The molecule has 19 heavy (non-hydrogen) atoms. The summed E-state index contributed by atoms with van der Waals surface area (Å²) in [5.74, 6) is -1.60. The van der Waals surface area contributed by atoms with E-state index in [2.05, 4.69) is 21.2 Å². The van der Waals surface area contributed by atoms with E-state index in [0.717, 1.165) is 12.1 Å². The topological polar surface area (TPSA) is 72.5 Å². The fourth-order valence-electron chi connectivity index (χ4n) is 1.25. The summed E-state index contributed by atoms with van der Waals surface area (Å²) >= 11 is 2.99. The molecule has 0 heterocycles. The first-order valence-electron chi connectivity index (χ1n) is 4.98. The number of carbonyl (C=O) groups excluding carboxylic acids is 1. The van der Waals surface area contributed by atoms with Crippen LogP contribution >= 0.6 is 26.6 Å². The highest BCUT2D eigenvalue weighted by Gasteiger charge is 2.21. The van der Waals surface area contributed by atoms with E-state index >= 15 is 0 Å². The maximum Gasteiger partial charge on any atom is 0.264 e. The highest BCUT2D eigenvalue weighted by Crippen LogP contribution is 2.26. The third kappa shape index (κ3) is 4.41. The molecule has 0 saturated carbocycles. The van der Waals surface area contributed by atoms with E-state index in [1.54, 1.807) is 0 Å². The SMILES string of the molecule is COCCNC(=O)c1cc(S(=O)(=O)Cl)c(F)cc1Br. The van der Waals surface area contributed by atoms with Gasteiger partial charge in [0.2, 0.25) is 0 Å². The van der Waals surface area contributed by atoms with Crippen LogP contribution in [0.4, 0.5) is 4.39 Å². The lowest BCUT2D eigenvalue weighted by atomic mass is 10.2. The first kappa shape index (κ1) is 16.4. The molecule has 0 aliphatic heterocycles. The van der Waals surface area contributed by atoms with Crippen molar-refractivity contribution in [3.05, 3.63) is 28.0 Å². The molecule has 0 aliphatic rings. The van der Waals surface area contributed by atoms with Crippen LogP contribution in [-0.4, -0.2) is 34.6 Å². The summed E-state index contributed by atoms with van der Waals surface area (Å²) in [7, 11) is 2.30. The molecule has 0 spiro atoms. The number of ether oxygens (including phenoxy) is 1. The zero-order chi connectivity index (χ0) is 14.6. The molecule has 5 nitrogen and oxygen atoms in total. The Labute approximate surface area is 122 Å². The quantitative estimate of drug-likeness (QED) is 0.631. The van der Waals surface area contributed by atoms with Gasteiger partial charge in [0.1, 0.15) is 10.7 Å². The van der Waals surface area contributed by atoms with Crippen molar-refractivity contribution in [1.29, 1.82) is 0 Å². The molecule has 1 aromatic rings. The molecule has 0 fully saturated rings. The minimum absolute atomic E-state index is 0.0308. The van der Waals surface area contributed by atoms with Crippen molar-refractivity contribution < 1.29 is 22.3 Å². The second-order valence-corrected chi connectivity index (χ2v) is 6.84. The van der Waals surface area contributed by atoms with Gasteiger partial charge in [-0.05, 0) is 28.1 Å². The summed E-state index contributed by atoms with van der Waals surface area (Å²) in [5.41, 5.74) is -0.0308. The first-order chi connectivity index (χ1) is 8.77. The van der Waals surface area contributed by atoms with E-state index < -0.39 is 25.7 Å². The maximum atomic E-state index is 13.5. The van der Waals surface area contributed by atoms with Gasteiger partial charge in [-0.1, -0.05) is 0 Å². The Hall–Kier alpha value is -0.700. The van der Waals surface area contributed by atoms with Crippen LogP contribution < -0.4 is 5.32 Å². The van der Waals surface area contributed by atoms with Gasteiger partial charge in [0.15, 0.2) is 0 Å². The van der Waals surface area contributed by atoms with Gasteiger partial charge in [0.05, 0.1) is 12.2 Å². The number of methoxy groups -OCH3 is 1. The smallest absolute Gasteiger partial charge is 0.264 e. The number of nitrogens with one attached hydrogen (secondary N) is 1. The van der Waals surface area contributed by atoms with Crippen molar-refractivity contribution >= 4 is 41.6 Å². The van der Waals surface area contributed by atoms with Crippen LogP contribution in [0, 0.1) is 5.82 Å². The number of rotatable bonds is 5. The molecule has 1 amide bonds. The minimum atomic E-state index is -4.26. The van der Waals surface area contributed by atoms with Crippen molar-refractivity contribution in [2.24, 2.45) is 0 Å². The molecular formula is C10H10BrClFNO4S. The van der Waals surface area contributed by atoms with Gasteiger partial charge in [0.25, 0.3) is 15.0 Å². The zero-order valence-electron chi connectivity index (χ0n) is 9.74. The largest absolute Gasteiger partial charge is 0.383 e. The van der Waals surface area contributed by atoms with E-state index in [4.69, 9.17) is 15.4 Å². The number of halogens is 3. The van der Waals surface area contributed by atoms with E-state index in [1.165, 1.54) is 7.11 Å². The predicted molar refractivity (Wildman–Crippen MR) is 71.3 cm³/mol. The summed E-state index contributed by atoms with van der Waals surface area (Å²) in [4.78, 5) is 11.0. The van der Waals surface area contributed by atoms with E-state index in [1.807, 2.05) is 0 Å². The van der Waals surface area contributed by atoms with Gasteiger partial charge in [0, 0.05) is 28.8 Å². The number of amides is 1. The number of hydrogen-bond donors (Lipinski definition) is 1. The summed E-state index contributed by atoms with van der Waals surface area (Å²) < 4.78 is 40.6. The summed E-state index contributed by atoms with van der Waals surface area (Å²) in [6.07, 6.45) is 0. The van der Waals surface area contributed by atoms with Crippen LogP contribution in [-0.2, 0) is 13.8 Å². The van der Waals surface area contributed by atoms with Crippen LogP contribution in [0.3, 0.4) is 0 Å². The summed E-state index contributed by atoms with van der Waals surface area (Å²) in [5, 5.41) is 2.48. The highest BCUT2D eigenvalue weighted by molar-refractivity contribution is 9.10. The lowest BCUT2D eigenvalue weighted by Crippen LogP contribution is -2.27. The van der Waals surface area contributed by atoms with E-state index in [-0.39, 0.29) is 16.6 Å². The Bertz CT molecular complexity index is 593. The average Bonchev–Trinajstić information content (AvgIpc) is 2.27. The fraction of sp³-hybridized carbons (Fsp3) is 0.300. The third-order valence-corrected chi connectivity index (χ3v) is 4.11. The Morgan fingerprint density at radius 2 is 2.16 bits per heavy atom. The molecule has 0 saturated heterocycles. The van der Waals surface area contributed by atoms with Crippen molar-refractivity contribution in [1.82, 2.24) is 5.32 Å². The molecule has 1 rings (SSSR count). The van der Waals surface area contributed by atoms with Gasteiger partial charge < -0.3 is 10.1 Å². The molecular weight excluding hydrogens is 365 g/mol. The molecule has 9 heteroatoms. The maximum absolute atomic E-state index is 13.5. The van der Waals surface area contributed by atoms with Gasteiger partial charge in [-0.3, -0.25) is 4.79 Å². The molecule has 1 N–H and O–H groups in total. The number of hydrogen-bond acceptors (Lipinski definition) is 4. The second kappa shape index (κ2) is 6.65. The minimum Gasteiger partial charge on any atom is -0.383 e. The van der Waals surface area contributed by atoms with Crippen molar-refractivity contribution in [2.75, 3.05) is 20.3 Å². The molecule has 106 valence electrons. The van der Waals surface area contributed by atoms with Crippen molar-refractivity contribution in [3.8, 4) is 0 Å². The van der Waals surface area contributed by atoms with Gasteiger partial charge >= 0.3 is 0 Å². The molecule has 0 unspecified atom stereocenters. The van der Waals surface area contributed by atoms with Crippen LogP contribution in [0.25, 0.3) is 0 Å². The third-order valence-electron chi connectivity index (χ3n) is 2.12. The Kier molecular flexibility index (Phi) is 5.72. The van der Waals surface area contributed by atoms with Crippen LogP contribution in [0.15, 0.2) is 21.5 Å². The van der Waals surface area contributed by atoms with Crippen LogP contribution in [0.2, 0.25) is 0 Å². The molecule has 0 atom stereocenters. The Morgan fingerprint density at radius 1 is 1.53 bits per heavy atom. The molecule has 0 bridgehead atoms. The van der Waals surface area contributed by atoms with Gasteiger partial charge in [-0.15, -0.1) is 0 Å². The van der Waals surface area contributed by atoms with Gasteiger partial charge in [-0.25, -0.2) is 12.8 Å². The monoisotopic (exact) mass is 373 g/mol. The van der Waals surface area contributed by atoms with Crippen molar-refractivity contribution in [3.63, 3.8) is 0 Å². The lowest BCUT2D eigenvalue weighted by Gasteiger charge is -2.08. The number of carbonyl (C=O) groups is 1. The van der Waals surface area contributed by atoms with Crippen LogP contribution in [0.1, 0.15) is 10.4 Å². The first-order valence-corrected chi connectivity index (χ1v) is 8.08. The highest BCUT2D eigenvalue weighted by atomic mass is 79.9. The van der Waals surface area contributed by atoms with Gasteiger partial charge in [-0.2, -0.15) is 0 Å². The van der Waals surface area contributed by atoms with E-state index in [9.17, 15) is 17.6 Å².